The number of amides is 2. The molecule has 0 saturated carbocycles. The number of ketones is 1. The molecule has 0 spiro atoms. The van der Waals surface area contributed by atoms with Crippen molar-refractivity contribution in [2.45, 2.75) is 38.6 Å². The first-order valence-corrected chi connectivity index (χ1v) is 9.62. The number of hydrogen-bond acceptors (Lipinski definition) is 5. The summed E-state index contributed by atoms with van der Waals surface area (Å²) in [6, 6.07) is 5.41. The molecule has 1 aliphatic heterocycles. The van der Waals surface area contributed by atoms with Crippen molar-refractivity contribution in [2.75, 3.05) is 13.1 Å². The van der Waals surface area contributed by atoms with Crippen LogP contribution in [0.1, 0.15) is 51.5 Å². The van der Waals surface area contributed by atoms with Crippen LogP contribution in [0.25, 0.3) is 0 Å². The summed E-state index contributed by atoms with van der Waals surface area (Å²) < 4.78 is 5.20. The molecule has 2 amide bonds. The maximum atomic E-state index is 12.3. The lowest BCUT2D eigenvalue weighted by molar-refractivity contribution is -0.132. The highest BCUT2D eigenvalue weighted by Crippen LogP contribution is 2.16. The first-order valence-electron chi connectivity index (χ1n) is 8.74. The smallest absolute Gasteiger partial charge is 0.287 e. The van der Waals surface area contributed by atoms with Gasteiger partial charge in [0, 0.05) is 37.5 Å². The molecule has 6 nitrogen and oxygen atoms in total. The van der Waals surface area contributed by atoms with Crippen LogP contribution in [0.2, 0.25) is 0 Å². The average molecular weight is 374 g/mol. The van der Waals surface area contributed by atoms with E-state index < -0.39 is 0 Å². The van der Waals surface area contributed by atoms with Crippen LogP contribution >= 0.6 is 11.3 Å². The van der Waals surface area contributed by atoms with E-state index in [4.69, 9.17) is 4.42 Å². The van der Waals surface area contributed by atoms with Gasteiger partial charge in [-0.25, -0.2) is 0 Å². The predicted octanol–water partition coefficient (Wildman–Crippen LogP) is 3.03. The Morgan fingerprint density at radius 3 is 2.62 bits per heavy atom. The molecule has 0 aliphatic carbocycles. The van der Waals surface area contributed by atoms with E-state index >= 15 is 0 Å². The first kappa shape index (κ1) is 18.4. The number of thiophene rings is 1. The Balaban J connectivity index is 1.41. The van der Waals surface area contributed by atoms with Gasteiger partial charge in [0.05, 0.1) is 11.1 Å². The molecule has 0 bridgehead atoms. The Morgan fingerprint density at radius 2 is 2.00 bits per heavy atom. The molecule has 1 fully saturated rings. The zero-order valence-corrected chi connectivity index (χ0v) is 15.5. The minimum Gasteiger partial charge on any atom is -0.459 e. The highest BCUT2D eigenvalue weighted by Gasteiger charge is 2.25. The lowest BCUT2D eigenvalue weighted by atomic mass is 10.0. The van der Waals surface area contributed by atoms with Crippen molar-refractivity contribution in [1.29, 1.82) is 0 Å². The largest absolute Gasteiger partial charge is 0.459 e. The number of nitrogens with one attached hydrogen (secondary N) is 1. The quantitative estimate of drug-likeness (QED) is 0.788. The van der Waals surface area contributed by atoms with Crippen molar-refractivity contribution in [3.8, 4) is 0 Å². The van der Waals surface area contributed by atoms with Crippen molar-refractivity contribution in [2.24, 2.45) is 0 Å². The van der Waals surface area contributed by atoms with Crippen molar-refractivity contribution in [3.05, 3.63) is 46.0 Å². The molecule has 2 aromatic rings. The number of likely N-dealkylation sites (tertiary alicyclic amines) is 1. The Morgan fingerprint density at radius 1 is 1.23 bits per heavy atom. The van der Waals surface area contributed by atoms with Gasteiger partial charge in [-0.3, -0.25) is 14.4 Å². The van der Waals surface area contributed by atoms with Gasteiger partial charge in [0.25, 0.3) is 5.91 Å². The Bertz CT molecular complexity index is 773. The number of rotatable bonds is 6. The number of aryl methyl sites for hydroxylation is 1. The number of carbonyl (C=O) groups excluding carboxylic acids is 3. The number of nitrogens with zero attached hydrogens (tertiary/aromatic N) is 1. The van der Waals surface area contributed by atoms with E-state index in [9.17, 15) is 14.4 Å². The lowest BCUT2D eigenvalue weighted by Gasteiger charge is -2.32. The predicted molar refractivity (Wildman–Crippen MR) is 98.4 cm³/mol. The van der Waals surface area contributed by atoms with E-state index in [2.05, 4.69) is 5.32 Å². The molecule has 0 atom stereocenters. The fourth-order valence-corrected chi connectivity index (χ4v) is 3.76. The van der Waals surface area contributed by atoms with Crippen molar-refractivity contribution in [3.63, 3.8) is 0 Å². The van der Waals surface area contributed by atoms with Gasteiger partial charge in [-0.2, -0.15) is 0 Å². The fourth-order valence-electron chi connectivity index (χ4n) is 3.07. The standard InChI is InChI=1S/C19H22N2O4S/c1-13-8-11-25-18(13)19(24)20-14-6-9-21(10-7-14)17(23)5-4-15(22)16-3-2-12-26-16/h2-3,8,11-12,14H,4-7,9-10H2,1H3,(H,20,24). The highest BCUT2D eigenvalue weighted by atomic mass is 32.1. The highest BCUT2D eigenvalue weighted by molar-refractivity contribution is 7.12. The summed E-state index contributed by atoms with van der Waals surface area (Å²) >= 11 is 1.40. The summed E-state index contributed by atoms with van der Waals surface area (Å²) in [5.41, 5.74) is 0.811. The average Bonchev–Trinajstić information content (AvgIpc) is 3.31. The number of Topliss-reactive ketones (excluding diaryl/α,β-unsaturated/α-hetero) is 1. The summed E-state index contributed by atoms with van der Waals surface area (Å²) in [5.74, 6) is 0.153. The normalized spacial score (nSPS) is 15.0. The van der Waals surface area contributed by atoms with Crippen LogP contribution < -0.4 is 5.32 Å². The second kappa shape index (κ2) is 8.31. The Kier molecular flexibility index (Phi) is 5.88. The molecule has 1 N–H and O–H groups in total. The van der Waals surface area contributed by atoms with Gasteiger partial charge < -0.3 is 14.6 Å². The zero-order valence-electron chi connectivity index (χ0n) is 14.7. The van der Waals surface area contributed by atoms with Gasteiger partial charge in [0.2, 0.25) is 5.91 Å². The van der Waals surface area contributed by atoms with Gasteiger partial charge >= 0.3 is 0 Å². The molecule has 1 saturated heterocycles. The van der Waals surface area contributed by atoms with E-state index in [1.54, 1.807) is 17.0 Å². The molecular formula is C19H22N2O4S. The molecule has 0 unspecified atom stereocenters. The van der Waals surface area contributed by atoms with Gasteiger partial charge in [0.15, 0.2) is 11.5 Å². The molecule has 3 heterocycles. The lowest BCUT2D eigenvalue weighted by Crippen LogP contribution is -2.46. The number of carbonyl (C=O) groups is 3. The Hall–Kier alpha value is -2.41. The summed E-state index contributed by atoms with van der Waals surface area (Å²) in [4.78, 5) is 39.0. The number of hydrogen-bond donors (Lipinski definition) is 1. The van der Waals surface area contributed by atoms with Crippen LogP contribution in [0.3, 0.4) is 0 Å². The van der Waals surface area contributed by atoms with E-state index in [-0.39, 0.29) is 36.5 Å². The van der Waals surface area contributed by atoms with Gasteiger partial charge in [-0.15, -0.1) is 11.3 Å². The van der Waals surface area contributed by atoms with Crippen LogP contribution in [0.5, 0.6) is 0 Å². The summed E-state index contributed by atoms with van der Waals surface area (Å²) in [6.45, 7) is 3.01. The van der Waals surface area contributed by atoms with Crippen molar-refractivity contribution < 1.29 is 18.8 Å². The molecule has 2 aromatic heterocycles. The molecule has 0 radical (unpaired) electrons. The number of furan rings is 1. The summed E-state index contributed by atoms with van der Waals surface area (Å²) in [6.07, 6.45) is 3.39. The topological polar surface area (TPSA) is 79.6 Å². The SMILES string of the molecule is Cc1ccoc1C(=O)NC1CCN(C(=O)CCC(=O)c2cccs2)CC1. The maximum Gasteiger partial charge on any atom is 0.287 e. The van der Waals surface area contributed by atoms with Crippen molar-refractivity contribution in [1.82, 2.24) is 10.2 Å². The maximum absolute atomic E-state index is 12.3. The van der Waals surface area contributed by atoms with E-state index in [0.29, 0.717) is 36.6 Å². The molecule has 1 aliphatic rings. The van der Waals surface area contributed by atoms with Gasteiger partial charge in [-0.05, 0) is 37.3 Å². The molecule has 0 aromatic carbocycles. The molecule has 3 rings (SSSR count). The van der Waals surface area contributed by atoms with Crippen molar-refractivity contribution >= 4 is 28.9 Å². The second-order valence-electron chi connectivity index (χ2n) is 6.46. The minimum atomic E-state index is -0.209. The summed E-state index contributed by atoms with van der Waals surface area (Å²) in [5, 5.41) is 4.83. The third-order valence-corrected chi connectivity index (χ3v) is 5.52. The van der Waals surface area contributed by atoms with E-state index in [0.717, 1.165) is 5.56 Å². The second-order valence-corrected chi connectivity index (χ2v) is 7.41. The molecule has 26 heavy (non-hydrogen) atoms. The van der Waals surface area contributed by atoms with Crippen LogP contribution in [-0.4, -0.2) is 41.6 Å². The van der Waals surface area contributed by atoms with Crippen LogP contribution in [0, 0.1) is 6.92 Å². The first-order chi connectivity index (χ1) is 12.5. The van der Waals surface area contributed by atoms with Crippen LogP contribution in [0.4, 0.5) is 0 Å². The van der Waals surface area contributed by atoms with Crippen LogP contribution in [-0.2, 0) is 4.79 Å². The van der Waals surface area contributed by atoms with Gasteiger partial charge in [-0.1, -0.05) is 6.07 Å². The fraction of sp³-hybridized carbons (Fsp3) is 0.421. The monoisotopic (exact) mass is 374 g/mol. The van der Waals surface area contributed by atoms with E-state index in [1.807, 2.05) is 18.4 Å². The van der Waals surface area contributed by atoms with E-state index in [1.165, 1.54) is 17.6 Å². The summed E-state index contributed by atoms with van der Waals surface area (Å²) in [7, 11) is 0. The minimum absolute atomic E-state index is 0.00145. The van der Waals surface area contributed by atoms with Gasteiger partial charge in [0.1, 0.15) is 0 Å². The Labute approximate surface area is 156 Å². The zero-order chi connectivity index (χ0) is 18.5. The number of piperidine rings is 1. The third-order valence-electron chi connectivity index (χ3n) is 4.61. The molecule has 138 valence electrons. The third kappa shape index (κ3) is 4.40. The van der Waals surface area contributed by atoms with Crippen LogP contribution in [0.15, 0.2) is 34.3 Å². The molecule has 7 heteroatoms. The molecular weight excluding hydrogens is 352 g/mol.